The van der Waals surface area contributed by atoms with Gasteiger partial charge in [0.05, 0.1) is 6.54 Å². The molecule has 0 aliphatic heterocycles. The number of nitrogen functional groups attached to an aromatic ring is 1. The first kappa shape index (κ1) is 9.97. The fraction of sp³-hybridized carbons (Fsp3) is 0.200. The highest BCUT2D eigenvalue weighted by molar-refractivity contribution is 5.51. The van der Waals surface area contributed by atoms with Gasteiger partial charge in [-0.2, -0.15) is 0 Å². The van der Waals surface area contributed by atoms with Crippen LogP contribution < -0.4 is 5.73 Å². The third kappa shape index (κ3) is 2.74. The number of anilines is 1. The van der Waals surface area contributed by atoms with Crippen LogP contribution in [0, 0.1) is 18.8 Å². The van der Waals surface area contributed by atoms with Gasteiger partial charge in [0.2, 0.25) is 0 Å². The lowest BCUT2D eigenvalue weighted by molar-refractivity contribution is 1.25. The summed E-state index contributed by atoms with van der Waals surface area (Å²) in [5.74, 6) is 5.64. The van der Waals surface area contributed by atoms with Gasteiger partial charge in [-0.05, 0) is 30.2 Å². The van der Waals surface area contributed by atoms with Crippen molar-refractivity contribution in [1.29, 1.82) is 0 Å². The fourth-order valence-corrected chi connectivity index (χ4v) is 0.976. The largest absolute Gasteiger partial charge is 0.399 e. The van der Waals surface area contributed by atoms with E-state index in [4.69, 9.17) is 11.3 Å². The predicted octanol–water partition coefficient (Wildman–Crippen LogP) is 2.24. The van der Waals surface area contributed by atoms with Crippen LogP contribution in [0.5, 0.6) is 0 Å². The van der Waals surface area contributed by atoms with E-state index in [1.807, 2.05) is 19.1 Å². The number of hydrogen-bond acceptors (Lipinski definition) is 2. The lowest BCUT2D eigenvalue weighted by Gasteiger charge is -1.98. The molecule has 0 fully saturated rings. The summed E-state index contributed by atoms with van der Waals surface area (Å²) in [7, 11) is 0. The number of benzene rings is 1. The van der Waals surface area contributed by atoms with Gasteiger partial charge in [-0.25, -0.2) is 0 Å². The number of azide groups is 1. The topological polar surface area (TPSA) is 74.8 Å². The maximum absolute atomic E-state index is 8.03. The predicted molar refractivity (Wildman–Crippen MR) is 56.5 cm³/mol. The first-order valence-corrected chi connectivity index (χ1v) is 4.10. The van der Waals surface area contributed by atoms with Crippen molar-refractivity contribution in [3.63, 3.8) is 0 Å². The summed E-state index contributed by atoms with van der Waals surface area (Å²) < 4.78 is 0. The molecule has 1 aromatic rings. The van der Waals surface area contributed by atoms with Crippen molar-refractivity contribution in [2.75, 3.05) is 12.3 Å². The van der Waals surface area contributed by atoms with E-state index in [-0.39, 0.29) is 6.54 Å². The van der Waals surface area contributed by atoms with Crippen molar-refractivity contribution in [2.24, 2.45) is 5.11 Å². The summed E-state index contributed by atoms with van der Waals surface area (Å²) in [6.45, 7) is 2.14. The molecule has 0 bridgehead atoms. The molecule has 0 aliphatic carbocycles. The molecule has 1 rings (SSSR count). The van der Waals surface area contributed by atoms with Crippen molar-refractivity contribution in [3.8, 4) is 11.8 Å². The standard InChI is InChI=1S/C10H10N4/c1-8-4-5-10(11)7-9(8)3-2-6-13-14-12/h4-5,7H,6,11H2,1H3. The summed E-state index contributed by atoms with van der Waals surface area (Å²) in [6, 6.07) is 5.54. The van der Waals surface area contributed by atoms with Gasteiger partial charge < -0.3 is 5.73 Å². The van der Waals surface area contributed by atoms with Gasteiger partial charge in [0.15, 0.2) is 0 Å². The molecule has 4 nitrogen and oxygen atoms in total. The Bertz CT molecular complexity index is 433. The van der Waals surface area contributed by atoms with Gasteiger partial charge in [0.1, 0.15) is 0 Å². The molecule has 0 atom stereocenters. The molecule has 0 unspecified atom stereocenters. The summed E-state index contributed by atoms with van der Waals surface area (Å²) in [6.07, 6.45) is 0. The van der Waals surface area contributed by atoms with E-state index >= 15 is 0 Å². The SMILES string of the molecule is Cc1ccc(N)cc1C#CCN=[N+]=[N-]. The molecule has 4 heteroatoms. The zero-order chi connectivity index (χ0) is 10.4. The van der Waals surface area contributed by atoms with Crippen LogP contribution in [-0.4, -0.2) is 6.54 Å². The molecule has 0 aliphatic rings. The number of hydrogen-bond donors (Lipinski definition) is 1. The number of nitrogens with zero attached hydrogens (tertiary/aromatic N) is 3. The third-order valence-electron chi connectivity index (χ3n) is 1.70. The molecular formula is C10H10N4. The molecule has 0 heterocycles. The minimum absolute atomic E-state index is 0.185. The molecule has 0 radical (unpaired) electrons. The smallest absolute Gasteiger partial charge is 0.0880 e. The van der Waals surface area contributed by atoms with Crippen LogP contribution >= 0.6 is 0 Å². The second kappa shape index (κ2) is 4.80. The van der Waals surface area contributed by atoms with Crippen LogP contribution in [-0.2, 0) is 0 Å². The normalized spacial score (nSPS) is 8.36. The van der Waals surface area contributed by atoms with E-state index in [0.29, 0.717) is 5.69 Å². The Hall–Kier alpha value is -2.11. The number of rotatable bonds is 1. The molecule has 70 valence electrons. The Morgan fingerprint density at radius 1 is 1.57 bits per heavy atom. The highest BCUT2D eigenvalue weighted by atomic mass is 15.1. The second-order valence-corrected chi connectivity index (χ2v) is 2.77. The average Bonchev–Trinajstić information content (AvgIpc) is 2.18. The van der Waals surface area contributed by atoms with E-state index in [1.54, 1.807) is 6.07 Å². The highest BCUT2D eigenvalue weighted by Crippen LogP contribution is 2.10. The van der Waals surface area contributed by atoms with Gasteiger partial charge >= 0.3 is 0 Å². The maximum atomic E-state index is 8.03. The molecule has 0 saturated carbocycles. The number of nitrogens with two attached hydrogens (primary N) is 1. The van der Waals surface area contributed by atoms with E-state index in [9.17, 15) is 0 Å². The van der Waals surface area contributed by atoms with Crippen molar-refractivity contribution >= 4 is 5.69 Å². The number of aryl methyl sites for hydroxylation is 1. The summed E-state index contributed by atoms with van der Waals surface area (Å²) in [5.41, 5.74) is 16.3. The lowest BCUT2D eigenvalue weighted by atomic mass is 10.1. The quantitative estimate of drug-likeness (QED) is 0.236. The molecule has 2 N–H and O–H groups in total. The Kier molecular flexibility index (Phi) is 3.42. The van der Waals surface area contributed by atoms with Gasteiger partial charge in [0.25, 0.3) is 0 Å². The molecule has 0 aromatic heterocycles. The molecule has 0 amide bonds. The van der Waals surface area contributed by atoms with Crippen molar-refractivity contribution < 1.29 is 0 Å². The molecular weight excluding hydrogens is 176 g/mol. The Balaban J connectivity index is 2.88. The average molecular weight is 186 g/mol. The van der Waals surface area contributed by atoms with E-state index in [1.165, 1.54) is 0 Å². The Morgan fingerprint density at radius 2 is 2.36 bits per heavy atom. The van der Waals surface area contributed by atoms with E-state index in [2.05, 4.69) is 21.9 Å². The van der Waals surface area contributed by atoms with E-state index in [0.717, 1.165) is 11.1 Å². The molecule has 1 aromatic carbocycles. The summed E-state index contributed by atoms with van der Waals surface area (Å²) in [5, 5.41) is 3.31. The van der Waals surface area contributed by atoms with Crippen LogP contribution in [0.2, 0.25) is 0 Å². The van der Waals surface area contributed by atoms with Crippen molar-refractivity contribution in [2.45, 2.75) is 6.92 Å². The maximum Gasteiger partial charge on any atom is 0.0880 e. The van der Waals surface area contributed by atoms with Gasteiger partial charge in [-0.15, -0.1) is 0 Å². The van der Waals surface area contributed by atoms with Crippen LogP contribution in [0.1, 0.15) is 11.1 Å². The van der Waals surface area contributed by atoms with Crippen molar-refractivity contribution in [3.05, 3.63) is 39.8 Å². The minimum Gasteiger partial charge on any atom is -0.399 e. The van der Waals surface area contributed by atoms with Crippen LogP contribution in [0.3, 0.4) is 0 Å². The molecule has 0 spiro atoms. The first-order valence-electron chi connectivity index (χ1n) is 4.10. The lowest BCUT2D eigenvalue weighted by Crippen LogP contribution is -1.88. The van der Waals surface area contributed by atoms with Crippen LogP contribution in [0.25, 0.3) is 10.4 Å². The van der Waals surface area contributed by atoms with Crippen LogP contribution in [0.15, 0.2) is 23.3 Å². The van der Waals surface area contributed by atoms with Crippen LogP contribution in [0.4, 0.5) is 5.69 Å². The van der Waals surface area contributed by atoms with E-state index < -0.39 is 0 Å². The first-order chi connectivity index (χ1) is 6.74. The third-order valence-corrected chi connectivity index (χ3v) is 1.70. The highest BCUT2D eigenvalue weighted by Gasteiger charge is 1.93. The fourth-order valence-electron chi connectivity index (χ4n) is 0.976. The second-order valence-electron chi connectivity index (χ2n) is 2.77. The summed E-state index contributed by atoms with van der Waals surface area (Å²) >= 11 is 0. The Morgan fingerprint density at radius 3 is 3.07 bits per heavy atom. The Labute approximate surface area is 82.4 Å². The zero-order valence-corrected chi connectivity index (χ0v) is 7.86. The van der Waals surface area contributed by atoms with Gasteiger partial charge in [-0.1, -0.05) is 23.0 Å². The van der Waals surface area contributed by atoms with Gasteiger partial charge in [0, 0.05) is 16.2 Å². The summed E-state index contributed by atoms with van der Waals surface area (Å²) in [4.78, 5) is 2.60. The van der Waals surface area contributed by atoms with Crippen molar-refractivity contribution in [1.82, 2.24) is 0 Å². The monoisotopic (exact) mass is 186 g/mol. The van der Waals surface area contributed by atoms with Gasteiger partial charge in [-0.3, -0.25) is 0 Å². The minimum atomic E-state index is 0.185. The molecule has 0 saturated heterocycles. The zero-order valence-electron chi connectivity index (χ0n) is 7.86. The molecule has 14 heavy (non-hydrogen) atoms.